The molecule has 0 spiro atoms. The van der Waals surface area contributed by atoms with E-state index in [9.17, 15) is 14.4 Å². The zero-order valence-electron chi connectivity index (χ0n) is 18.6. The molecule has 0 radical (unpaired) electrons. The Kier molecular flexibility index (Phi) is 6.79. The number of fused-ring (bicyclic) bond motifs is 1. The van der Waals surface area contributed by atoms with Gasteiger partial charge in [-0.1, -0.05) is 12.1 Å². The molecule has 2 heterocycles. The van der Waals surface area contributed by atoms with Crippen molar-refractivity contribution < 1.29 is 33.3 Å². The molecule has 2 aliphatic heterocycles. The van der Waals surface area contributed by atoms with E-state index in [1.165, 1.54) is 18.9 Å². The first kappa shape index (κ1) is 22.6. The van der Waals surface area contributed by atoms with E-state index in [2.05, 4.69) is 0 Å². The molecule has 1 saturated heterocycles. The Balaban J connectivity index is 1.50. The minimum atomic E-state index is -0.814. The second-order valence-electron chi connectivity index (χ2n) is 7.73. The number of ketones is 1. The number of anilines is 1. The van der Waals surface area contributed by atoms with Gasteiger partial charge in [-0.2, -0.15) is 0 Å². The smallest absolute Gasteiger partial charge is 0.265 e. The van der Waals surface area contributed by atoms with Gasteiger partial charge in [0.05, 0.1) is 32.6 Å². The molecule has 4 rings (SSSR count). The maximum atomic E-state index is 13.2. The fraction of sp³-hybridized carbons (Fsp3) is 0.375. The first-order chi connectivity index (χ1) is 16.0. The average Bonchev–Trinajstić information content (AvgIpc) is 2.86. The van der Waals surface area contributed by atoms with Crippen LogP contribution < -0.4 is 19.1 Å². The lowest BCUT2D eigenvalue weighted by molar-refractivity contribution is -0.142. The van der Waals surface area contributed by atoms with Gasteiger partial charge in [-0.3, -0.25) is 14.4 Å². The second kappa shape index (κ2) is 9.91. The largest absolute Gasteiger partial charge is 0.493 e. The summed E-state index contributed by atoms with van der Waals surface area (Å²) in [6, 6.07) is 11.9. The third-order valence-corrected chi connectivity index (χ3v) is 5.59. The predicted octanol–water partition coefficient (Wildman–Crippen LogP) is 1.93. The number of benzene rings is 2. The summed E-state index contributed by atoms with van der Waals surface area (Å²) in [6.07, 6.45) is -0.814. The summed E-state index contributed by atoms with van der Waals surface area (Å²) in [5.74, 6) is 0.566. The summed E-state index contributed by atoms with van der Waals surface area (Å²) in [4.78, 5) is 41.0. The zero-order valence-corrected chi connectivity index (χ0v) is 18.6. The Hall–Kier alpha value is -3.59. The van der Waals surface area contributed by atoms with Crippen molar-refractivity contribution >= 4 is 23.3 Å². The van der Waals surface area contributed by atoms with Crippen molar-refractivity contribution in [2.75, 3.05) is 51.5 Å². The summed E-state index contributed by atoms with van der Waals surface area (Å²) in [5.41, 5.74) is 1.06. The van der Waals surface area contributed by atoms with E-state index in [-0.39, 0.29) is 30.7 Å². The molecule has 9 nitrogen and oxygen atoms in total. The van der Waals surface area contributed by atoms with Gasteiger partial charge >= 0.3 is 0 Å². The lowest BCUT2D eigenvalue weighted by Crippen LogP contribution is -2.54. The number of morpholine rings is 1. The topological polar surface area (TPSA) is 94.6 Å². The van der Waals surface area contributed by atoms with Gasteiger partial charge in [-0.15, -0.1) is 0 Å². The molecule has 33 heavy (non-hydrogen) atoms. The van der Waals surface area contributed by atoms with E-state index in [4.69, 9.17) is 18.9 Å². The highest BCUT2D eigenvalue weighted by Gasteiger charge is 2.36. The molecule has 0 aliphatic carbocycles. The number of carbonyl (C=O) groups excluding carboxylic acids is 3. The number of hydrogen-bond donors (Lipinski definition) is 0. The maximum Gasteiger partial charge on any atom is 0.265 e. The highest BCUT2D eigenvalue weighted by molar-refractivity contribution is 5.98. The Labute approximate surface area is 191 Å². The summed E-state index contributed by atoms with van der Waals surface area (Å²) >= 11 is 0. The highest BCUT2D eigenvalue weighted by atomic mass is 16.5. The van der Waals surface area contributed by atoms with Gasteiger partial charge in [-0.25, -0.2) is 0 Å². The Morgan fingerprint density at radius 3 is 2.55 bits per heavy atom. The van der Waals surface area contributed by atoms with E-state index < -0.39 is 6.10 Å². The van der Waals surface area contributed by atoms with Crippen molar-refractivity contribution in [2.24, 2.45) is 0 Å². The average molecular weight is 454 g/mol. The minimum Gasteiger partial charge on any atom is -0.493 e. The van der Waals surface area contributed by atoms with Crippen LogP contribution >= 0.6 is 0 Å². The molecule has 2 aromatic rings. The highest BCUT2D eigenvalue weighted by Crippen LogP contribution is 2.34. The monoisotopic (exact) mass is 454 g/mol. The van der Waals surface area contributed by atoms with Crippen LogP contribution in [0, 0.1) is 0 Å². The normalized spacial score (nSPS) is 17.6. The van der Waals surface area contributed by atoms with Crippen LogP contribution in [0.25, 0.3) is 0 Å². The summed E-state index contributed by atoms with van der Waals surface area (Å²) < 4.78 is 22.3. The number of rotatable bonds is 6. The van der Waals surface area contributed by atoms with Crippen LogP contribution in [0.4, 0.5) is 5.69 Å². The van der Waals surface area contributed by atoms with Crippen molar-refractivity contribution in [3.8, 4) is 17.2 Å². The van der Waals surface area contributed by atoms with Gasteiger partial charge in [0.25, 0.3) is 11.8 Å². The molecule has 0 aromatic heterocycles. The number of ether oxygens (including phenoxy) is 4. The van der Waals surface area contributed by atoms with Gasteiger partial charge in [0.1, 0.15) is 5.75 Å². The van der Waals surface area contributed by atoms with Crippen LogP contribution in [0.15, 0.2) is 42.5 Å². The third-order valence-electron chi connectivity index (χ3n) is 5.59. The van der Waals surface area contributed by atoms with E-state index >= 15 is 0 Å². The van der Waals surface area contributed by atoms with E-state index in [1.807, 2.05) is 0 Å². The number of carbonyl (C=O) groups is 3. The van der Waals surface area contributed by atoms with Crippen LogP contribution in [0.1, 0.15) is 17.3 Å². The van der Waals surface area contributed by atoms with Crippen LogP contribution in [-0.2, 0) is 14.3 Å². The van der Waals surface area contributed by atoms with Gasteiger partial charge in [-0.05, 0) is 37.3 Å². The molecule has 9 heteroatoms. The molecule has 1 atom stereocenters. The van der Waals surface area contributed by atoms with Crippen molar-refractivity contribution in [3.63, 3.8) is 0 Å². The van der Waals surface area contributed by atoms with Gasteiger partial charge in [0, 0.05) is 18.7 Å². The Bertz CT molecular complexity index is 1050. The Morgan fingerprint density at radius 1 is 1.06 bits per heavy atom. The van der Waals surface area contributed by atoms with Gasteiger partial charge in [0.2, 0.25) is 0 Å². The number of nitrogens with zero attached hydrogens (tertiary/aromatic N) is 2. The summed E-state index contributed by atoms with van der Waals surface area (Å²) in [7, 11) is 1.47. The van der Waals surface area contributed by atoms with Crippen molar-refractivity contribution in [1.82, 2.24) is 4.90 Å². The first-order valence-corrected chi connectivity index (χ1v) is 10.7. The maximum absolute atomic E-state index is 13.2. The molecule has 0 N–H and O–H groups in total. The van der Waals surface area contributed by atoms with E-state index in [0.717, 1.165) is 0 Å². The third kappa shape index (κ3) is 4.93. The van der Waals surface area contributed by atoms with Crippen LogP contribution in [-0.4, -0.2) is 75.2 Å². The number of Topliss-reactive ketones (excluding diaryl/α,β-unsaturated/α-hetero) is 1. The Morgan fingerprint density at radius 2 is 1.82 bits per heavy atom. The van der Waals surface area contributed by atoms with E-state index in [1.54, 1.807) is 47.4 Å². The summed E-state index contributed by atoms with van der Waals surface area (Å²) in [5, 5.41) is 0. The molecule has 2 amide bonds. The standard InChI is InChI=1S/C24H26N2O7/c1-16(27)17-7-8-20(21(13-17)30-2)32-15-23(28)26-14-22(24(29)25-9-11-31-12-10-25)33-19-6-4-3-5-18(19)26/h3-8,13,22H,9-12,14-15H2,1-2H3. The van der Waals surface area contributed by atoms with Gasteiger partial charge < -0.3 is 28.7 Å². The molecular weight excluding hydrogens is 428 g/mol. The number of amides is 2. The van der Waals surface area contributed by atoms with Gasteiger partial charge in [0.15, 0.2) is 30.0 Å². The summed E-state index contributed by atoms with van der Waals surface area (Å²) in [6.45, 7) is 3.22. The fourth-order valence-corrected chi connectivity index (χ4v) is 3.81. The quantitative estimate of drug-likeness (QED) is 0.616. The van der Waals surface area contributed by atoms with Crippen molar-refractivity contribution in [1.29, 1.82) is 0 Å². The number of hydrogen-bond acceptors (Lipinski definition) is 7. The molecule has 174 valence electrons. The minimum absolute atomic E-state index is 0.0792. The predicted molar refractivity (Wildman–Crippen MR) is 119 cm³/mol. The molecular formula is C24H26N2O7. The SMILES string of the molecule is COc1cc(C(C)=O)ccc1OCC(=O)N1CC(C(=O)N2CCOCC2)Oc2ccccc21. The molecule has 2 aliphatic rings. The number of para-hydroxylation sites is 2. The second-order valence-corrected chi connectivity index (χ2v) is 7.73. The number of methoxy groups -OCH3 is 1. The molecule has 0 bridgehead atoms. The molecule has 1 fully saturated rings. The molecule has 1 unspecified atom stereocenters. The van der Waals surface area contributed by atoms with E-state index in [0.29, 0.717) is 54.8 Å². The molecule has 0 saturated carbocycles. The fourth-order valence-electron chi connectivity index (χ4n) is 3.81. The first-order valence-electron chi connectivity index (χ1n) is 10.7. The lowest BCUT2D eigenvalue weighted by atomic mass is 10.1. The van der Waals surface area contributed by atoms with Crippen LogP contribution in [0.3, 0.4) is 0 Å². The van der Waals surface area contributed by atoms with Crippen molar-refractivity contribution in [2.45, 2.75) is 13.0 Å². The van der Waals surface area contributed by atoms with Crippen molar-refractivity contribution in [3.05, 3.63) is 48.0 Å². The van der Waals surface area contributed by atoms with Crippen LogP contribution in [0.2, 0.25) is 0 Å². The molecule has 2 aromatic carbocycles. The lowest BCUT2D eigenvalue weighted by Gasteiger charge is -2.37. The van der Waals surface area contributed by atoms with Crippen LogP contribution in [0.5, 0.6) is 17.2 Å². The zero-order chi connectivity index (χ0) is 23.4.